The van der Waals surface area contributed by atoms with Crippen LogP contribution < -0.4 is 10.1 Å². The van der Waals surface area contributed by atoms with E-state index in [4.69, 9.17) is 27.0 Å². The molecular formula is C16H17N3O3S. The first-order valence-corrected chi connectivity index (χ1v) is 7.33. The molecule has 1 aromatic carbocycles. The number of carbonyl (C=O) groups excluding carboxylic acids is 1. The molecule has 1 N–H and O–H groups in total. The van der Waals surface area contributed by atoms with E-state index in [2.05, 4.69) is 5.32 Å². The maximum Gasteiger partial charge on any atom is 0.337 e. The highest BCUT2D eigenvalue weighted by Gasteiger charge is 2.33. The van der Waals surface area contributed by atoms with Gasteiger partial charge in [0.05, 0.1) is 18.7 Å². The molecule has 0 aliphatic carbocycles. The summed E-state index contributed by atoms with van der Waals surface area (Å²) in [6, 6.07) is 8.68. The summed E-state index contributed by atoms with van der Waals surface area (Å²) in [5, 5.41) is 12.2. The van der Waals surface area contributed by atoms with E-state index in [1.54, 1.807) is 24.1 Å². The van der Waals surface area contributed by atoms with Gasteiger partial charge in [-0.1, -0.05) is 12.1 Å². The summed E-state index contributed by atoms with van der Waals surface area (Å²) < 4.78 is 10.1. The second-order valence-electron chi connectivity index (χ2n) is 4.95. The van der Waals surface area contributed by atoms with Crippen molar-refractivity contribution in [2.75, 3.05) is 20.8 Å². The van der Waals surface area contributed by atoms with Crippen molar-refractivity contribution >= 4 is 23.3 Å². The average molecular weight is 331 g/mol. The van der Waals surface area contributed by atoms with Gasteiger partial charge >= 0.3 is 5.97 Å². The van der Waals surface area contributed by atoms with Gasteiger partial charge in [-0.2, -0.15) is 5.26 Å². The maximum atomic E-state index is 12.2. The van der Waals surface area contributed by atoms with E-state index in [0.29, 0.717) is 16.4 Å². The molecule has 1 heterocycles. The number of allylic oxidation sites excluding steroid dienone is 1. The highest BCUT2D eigenvalue weighted by molar-refractivity contribution is 7.80. The Hall–Kier alpha value is -2.59. The molecular weight excluding hydrogens is 314 g/mol. The Morgan fingerprint density at radius 2 is 2.09 bits per heavy atom. The molecule has 2 rings (SSSR count). The Labute approximate surface area is 140 Å². The Kier molecular flexibility index (Phi) is 5.19. The van der Waals surface area contributed by atoms with E-state index >= 15 is 0 Å². The van der Waals surface area contributed by atoms with Gasteiger partial charge in [-0.25, -0.2) is 4.79 Å². The number of nitrogens with one attached hydrogen (secondary N) is 1. The molecule has 0 spiro atoms. The third-order valence-corrected chi connectivity index (χ3v) is 4.07. The first-order valence-electron chi connectivity index (χ1n) is 6.92. The van der Waals surface area contributed by atoms with Crippen molar-refractivity contribution in [3.63, 3.8) is 0 Å². The molecule has 0 saturated heterocycles. The van der Waals surface area contributed by atoms with E-state index in [1.807, 2.05) is 25.1 Å². The molecule has 0 fully saturated rings. The summed E-state index contributed by atoms with van der Waals surface area (Å²) in [5.74, 6) is 0.185. The van der Waals surface area contributed by atoms with Crippen molar-refractivity contribution in [2.45, 2.75) is 13.0 Å². The predicted octanol–water partition coefficient (Wildman–Crippen LogP) is 1.90. The topological polar surface area (TPSA) is 74.6 Å². The second-order valence-corrected chi connectivity index (χ2v) is 5.33. The lowest BCUT2D eigenvalue weighted by atomic mass is 9.95. The normalized spacial score (nSPS) is 17.4. The van der Waals surface area contributed by atoms with Crippen LogP contribution in [-0.4, -0.2) is 36.7 Å². The number of carbonyl (C=O) groups is 1. The van der Waals surface area contributed by atoms with Crippen molar-refractivity contribution in [2.24, 2.45) is 0 Å². The second kappa shape index (κ2) is 7.11. The number of thiocarbonyl (C=S) groups is 1. The van der Waals surface area contributed by atoms with Crippen molar-refractivity contribution < 1.29 is 14.3 Å². The van der Waals surface area contributed by atoms with Gasteiger partial charge < -0.3 is 19.7 Å². The Morgan fingerprint density at radius 1 is 1.43 bits per heavy atom. The van der Waals surface area contributed by atoms with Gasteiger partial charge in [0, 0.05) is 12.7 Å². The third-order valence-electron chi connectivity index (χ3n) is 3.68. The summed E-state index contributed by atoms with van der Waals surface area (Å²) in [7, 11) is 3.15. The molecule has 0 saturated carbocycles. The zero-order chi connectivity index (χ0) is 17.0. The zero-order valence-corrected chi connectivity index (χ0v) is 13.9. The van der Waals surface area contributed by atoms with Crippen LogP contribution in [0.1, 0.15) is 18.5 Å². The van der Waals surface area contributed by atoms with Crippen LogP contribution >= 0.6 is 12.2 Å². The number of nitriles is 1. The lowest BCUT2D eigenvalue weighted by Crippen LogP contribution is -2.46. The molecule has 7 heteroatoms. The molecule has 0 amide bonds. The van der Waals surface area contributed by atoms with Crippen LogP contribution in [0.2, 0.25) is 0 Å². The number of hydrogen-bond donors (Lipinski definition) is 1. The van der Waals surface area contributed by atoms with Crippen molar-refractivity contribution in [3.05, 3.63) is 41.1 Å². The van der Waals surface area contributed by atoms with Gasteiger partial charge in [-0.15, -0.1) is 0 Å². The zero-order valence-electron chi connectivity index (χ0n) is 13.1. The van der Waals surface area contributed by atoms with Gasteiger partial charge in [-0.3, -0.25) is 0 Å². The molecule has 1 aliphatic heterocycles. The number of esters is 1. The van der Waals surface area contributed by atoms with Crippen LogP contribution in [0.3, 0.4) is 0 Å². The molecule has 0 bridgehead atoms. The van der Waals surface area contributed by atoms with Gasteiger partial charge in [0.15, 0.2) is 11.7 Å². The fraction of sp³-hybridized carbons (Fsp3) is 0.312. The Bertz CT molecular complexity index is 692. The number of ether oxygens (including phenoxy) is 2. The fourth-order valence-corrected chi connectivity index (χ4v) is 2.59. The monoisotopic (exact) mass is 331 g/mol. The Balaban J connectivity index is 2.37. The van der Waals surface area contributed by atoms with Gasteiger partial charge in [-0.05, 0) is 36.8 Å². The van der Waals surface area contributed by atoms with Crippen LogP contribution in [0, 0.1) is 11.3 Å². The summed E-state index contributed by atoms with van der Waals surface area (Å²) in [4.78, 5) is 13.9. The molecule has 1 atom stereocenters. The van der Waals surface area contributed by atoms with E-state index in [-0.39, 0.29) is 6.61 Å². The van der Waals surface area contributed by atoms with Gasteiger partial charge in [0.1, 0.15) is 11.8 Å². The molecule has 1 aliphatic rings. The van der Waals surface area contributed by atoms with Crippen LogP contribution in [0.15, 0.2) is 35.5 Å². The van der Waals surface area contributed by atoms with E-state index in [9.17, 15) is 4.79 Å². The van der Waals surface area contributed by atoms with Crippen molar-refractivity contribution in [1.82, 2.24) is 10.2 Å². The first-order chi connectivity index (χ1) is 11.0. The number of methoxy groups -OCH3 is 1. The van der Waals surface area contributed by atoms with Crippen molar-refractivity contribution in [3.8, 4) is 11.8 Å². The SMILES string of the molecule is COC(=O)C1=C(C)N(C)C(=S)N[C@@H]1c1ccc(OCC#N)cc1. The third kappa shape index (κ3) is 3.43. The predicted molar refractivity (Wildman–Crippen MR) is 88.5 cm³/mol. The van der Waals surface area contributed by atoms with Crippen LogP contribution in [0.4, 0.5) is 0 Å². The van der Waals surface area contributed by atoms with E-state index < -0.39 is 12.0 Å². The number of benzene rings is 1. The quantitative estimate of drug-likeness (QED) is 0.667. The van der Waals surface area contributed by atoms with E-state index in [0.717, 1.165) is 11.3 Å². The summed E-state index contributed by atoms with van der Waals surface area (Å²) in [6.45, 7) is 1.82. The molecule has 0 unspecified atom stereocenters. The lowest BCUT2D eigenvalue weighted by molar-refractivity contribution is -0.136. The standard InChI is InChI=1S/C16H17N3O3S/c1-10-13(15(20)21-3)14(18-16(23)19(10)2)11-4-6-12(7-5-11)22-9-8-17/h4-7,14H,9H2,1-3H3,(H,18,23)/t14-/m1/s1. The van der Waals surface area contributed by atoms with Crippen LogP contribution in [0.25, 0.3) is 0 Å². The molecule has 6 nitrogen and oxygen atoms in total. The minimum atomic E-state index is -0.404. The minimum Gasteiger partial charge on any atom is -0.479 e. The highest BCUT2D eigenvalue weighted by Crippen LogP contribution is 2.31. The number of nitrogens with zero attached hydrogens (tertiary/aromatic N) is 2. The molecule has 23 heavy (non-hydrogen) atoms. The largest absolute Gasteiger partial charge is 0.479 e. The van der Waals surface area contributed by atoms with Crippen molar-refractivity contribution in [1.29, 1.82) is 5.26 Å². The van der Waals surface area contributed by atoms with Gasteiger partial charge in [0.25, 0.3) is 0 Å². The summed E-state index contributed by atoms with van der Waals surface area (Å²) in [6.07, 6.45) is 0. The maximum absolute atomic E-state index is 12.2. The summed E-state index contributed by atoms with van der Waals surface area (Å²) in [5.41, 5.74) is 2.11. The highest BCUT2D eigenvalue weighted by atomic mass is 32.1. The molecule has 1 aromatic rings. The smallest absolute Gasteiger partial charge is 0.337 e. The molecule has 120 valence electrons. The molecule has 0 radical (unpaired) electrons. The summed E-state index contributed by atoms with van der Waals surface area (Å²) >= 11 is 5.31. The lowest BCUT2D eigenvalue weighted by Gasteiger charge is -2.35. The van der Waals surface area contributed by atoms with Gasteiger partial charge in [0.2, 0.25) is 0 Å². The molecule has 0 aromatic heterocycles. The average Bonchev–Trinajstić information content (AvgIpc) is 2.57. The van der Waals surface area contributed by atoms with Crippen LogP contribution in [0.5, 0.6) is 5.75 Å². The fourth-order valence-electron chi connectivity index (χ4n) is 2.33. The minimum absolute atomic E-state index is 0.0116. The van der Waals surface area contributed by atoms with Crippen LogP contribution in [-0.2, 0) is 9.53 Å². The first kappa shape index (κ1) is 16.8. The number of hydrogen-bond acceptors (Lipinski definition) is 5. The number of rotatable bonds is 4. The Morgan fingerprint density at radius 3 is 2.65 bits per heavy atom. The van der Waals surface area contributed by atoms with E-state index in [1.165, 1.54) is 7.11 Å².